The molecule has 1 amide bonds. The molecule has 0 bridgehead atoms. The summed E-state index contributed by atoms with van der Waals surface area (Å²) in [7, 11) is 0. The van der Waals surface area contributed by atoms with Crippen LogP contribution >= 0.6 is 11.8 Å². The van der Waals surface area contributed by atoms with Crippen molar-refractivity contribution >= 4 is 29.6 Å². The minimum Gasteiger partial charge on any atom is -0.508 e. The van der Waals surface area contributed by atoms with Crippen molar-refractivity contribution in [3.63, 3.8) is 0 Å². The van der Waals surface area contributed by atoms with Gasteiger partial charge in [-0.25, -0.2) is 4.79 Å². The molecule has 0 saturated carbocycles. The third-order valence-corrected chi connectivity index (χ3v) is 5.61. The maximum atomic E-state index is 12.4. The molecule has 1 aliphatic rings. The highest BCUT2D eigenvalue weighted by atomic mass is 32.2. The number of hydrogen-bond donors (Lipinski definition) is 6. The Hall–Kier alpha value is -2.30. The zero-order chi connectivity index (χ0) is 19.6. The first-order valence-corrected chi connectivity index (χ1v) is 8.65. The van der Waals surface area contributed by atoms with E-state index in [1.807, 2.05) is 0 Å². The number of aliphatic carboxylic acids is 2. The van der Waals surface area contributed by atoms with Crippen LogP contribution < -0.4 is 16.4 Å². The minimum atomic E-state index is -1.36. The molecule has 9 nitrogen and oxygen atoms in total. The third-order valence-electron chi connectivity index (χ3n) is 4.11. The van der Waals surface area contributed by atoms with E-state index in [2.05, 4.69) is 10.6 Å². The second-order valence-electron chi connectivity index (χ2n) is 6.47. The molecule has 0 spiro atoms. The number of phenols is 1. The number of carboxylic acids is 2. The number of carbonyl (C=O) groups excluding carboxylic acids is 1. The zero-order valence-electron chi connectivity index (χ0n) is 14.2. The number of benzene rings is 1. The van der Waals surface area contributed by atoms with Crippen molar-refractivity contribution in [1.82, 2.24) is 10.6 Å². The molecular formula is C16H21N3O6S. The number of amides is 1. The van der Waals surface area contributed by atoms with Crippen LogP contribution in [0.1, 0.15) is 25.5 Å². The first-order chi connectivity index (χ1) is 12.0. The summed E-state index contributed by atoms with van der Waals surface area (Å²) in [4.78, 5) is 35.3. The van der Waals surface area contributed by atoms with Crippen LogP contribution in [0, 0.1) is 0 Å². The highest BCUT2D eigenvalue weighted by Gasteiger charge is 2.49. The van der Waals surface area contributed by atoms with Crippen LogP contribution in [0.25, 0.3) is 0 Å². The number of carbonyl (C=O) groups is 3. The number of aromatic hydroxyl groups is 1. The van der Waals surface area contributed by atoms with Crippen LogP contribution in [-0.4, -0.2) is 55.4 Å². The predicted octanol–water partition coefficient (Wildman–Crippen LogP) is -0.144. The van der Waals surface area contributed by atoms with Gasteiger partial charge in [0.2, 0.25) is 5.91 Å². The van der Waals surface area contributed by atoms with E-state index < -0.39 is 46.1 Å². The predicted molar refractivity (Wildman–Crippen MR) is 94.6 cm³/mol. The lowest BCUT2D eigenvalue weighted by atomic mass is 10.0. The molecule has 4 atom stereocenters. The molecular weight excluding hydrogens is 362 g/mol. The van der Waals surface area contributed by atoms with Crippen molar-refractivity contribution in [2.24, 2.45) is 5.73 Å². The lowest BCUT2D eigenvalue weighted by molar-refractivity contribution is -0.143. The van der Waals surface area contributed by atoms with Crippen LogP contribution in [0.5, 0.6) is 5.75 Å². The van der Waals surface area contributed by atoms with Gasteiger partial charge in [-0.15, -0.1) is 11.8 Å². The number of nitrogens with two attached hydrogens (primary N) is 1. The fraction of sp³-hybridized carbons (Fsp3) is 0.438. The Morgan fingerprint density at radius 2 is 1.81 bits per heavy atom. The zero-order valence-corrected chi connectivity index (χ0v) is 15.0. The van der Waals surface area contributed by atoms with Crippen LogP contribution in [0.2, 0.25) is 0 Å². The van der Waals surface area contributed by atoms with E-state index in [9.17, 15) is 29.7 Å². The quantitative estimate of drug-likeness (QED) is 0.392. The van der Waals surface area contributed by atoms with Gasteiger partial charge in [0, 0.05) is 4.75 Å². The largest absolute Gasteiger partial charge is 0.508 e. The topological polar surface area (TPSA) is 162 Å². The summed E-state index contributed by atoms with van der Waals surface area (Å²) >= 11 is 1.13. The molecule has 0 radical (unpaired) electrons. The van der Waals surface area contributed by atoms with E-state index in [1.165, 1.54) is 24.3 Å². The number of thioether (sulfide) groups is 1. The average molecular weight is 383 g/mol. The molecule has 142 valence electrons. The van der Waals surface area contributed by atoms with Gasteiger partial charge in [-0.05, 0) is 31.5 Å². The molecule has 2 rings (SSSR count). The number of nitrogens with one attached hydrogen (secondary N) is 2. The van der Waals surface area contributed by atoms with Crippen molar-refractivity contribution in [2.75, 3.05) is 0 Å². The summed E-state index contributed by atoms with van der Waals surface area (Å²) in [5.41, 5.74) is 6.26. The van der Waals surface area contributed by atoms with Gasteiger partial charge < -0.3 is 26.4 Å². The highest BCUT2D eigenvalue weighted by molar-refractivity contribution is 8.01. The van der Waals surface area contributed by atoms with Crippen LogP contribution in [0.4, 0.5) is 0 Å². The minimum absolute atomic E-state index is 0.0123. The van der Waals surface area contributed by atoms with Gasteiger partial charge in [0.05, 0.1) is 5.37 Å². The van der Waals surface area contributed by atoms with E-state index >= 15 is 0 Å². The molecule has 1 saturated heterocycles. The smallest absolute Gasteiger partial charge is 0.328 e. The van der Waals surface area contributed by atoms with Gasteiger partial charge >= 0.3 is 11.9 Å². The maximum Gasteiger partial charge on any atom is 0.328 e. The lowest BCUT2D eigenvalue weighted by Crippen LogP contribution is -2.55. The number of carboxylic acid groups (broad SMARTS) is 2. The Kier molecular flexibility index (Phi) is 5.79. The SMILES string of the molecule is CC1(C)S[C@H]([C@H](NC(=O)[C@H](N)c2ccc(O)cc2)C(=O)O)N[C@H]1C(=O)O. The summed E-state index contributed by atoms with van der Waals surface area (Å²) in [5, 5.41) is 32.3. The molecule has 7 N–H and O–H groups in total. The Morgan fingerprint density at radius 3 is 2.27 bits per heavy atom. The monoisotopic (exact) mass is 383 g/mol. The van der Waals surface area contributed by atoms with Crippen LogP contribution in [0.3, 0.4) is 0 Å². The van der Waals surface area contributed by atoms with Crippen LogP contribution in [-0.2, 0) is 14.4 Å². The van der Waals surface area contributed by atoms with E-state index in [0.29, 0.717) is 5.56 Å². The number of rotatable bonds is 6. The van der Waals surface area contributed by atoms with Gasteiger partial charge in [0.25, 0.3) is 0 Å². The van der Waals surface area contributed by atoms with Crippen molar-refractivity contribution in [2.45, 2.75) is 42.1 Å². The Bertz CT molecular complexity index is 708. The maximum absolute atomic E-state index is 12.4. The fourth-order valence-electron chi connectivity index (χ4n) is 2.67. The van der Waals surface area contributed by atoms with E-state index in [4.69, 9.17) is 5.73 Å². The average Bonchev–Trinajstić information content (AvgIpc) is 2.87. The van der Waals surface area contributed by atoms with Crippen molar-refractivity contribution in [1.29, 1.82) is 0 Å². The second kappa shape index (κ2) is 7.52. The molecule has 0 aromatic heterocycles. The number of hydrogen-bond acceptors (Lipinski definition) is 7. The molecule has 1 aromatic rings. The van der Waals surface area contributed by atoms with Crippen LogP contribution in [0.15, 0.2) is 24.3 Å². The molecule has 0 aliphatic carbocycles. The highest BCUT2D eigenvalue weighted by Crippen LogP contribution is 2.39. The van der Waals surface area contributed by atoms with Gasteiger partial charge in [0.15, 0.2) is 6.04 Å². The summed E-state index contributed by atoms with van der Waals surface area (Å²) in [6, 6.07) is 2.20. The van der Waals surface area contributed by atoms with E-state index in [1.54, 1.807) is 13.8 Å². The first-order valence-electron chi connectivity index (χ1n) is 7.77. The molecule has 26 heavy (non-hydrogen) atoms. The van der Waals surface area contributed by atoms with E-state index in [-0.39, 0.29) is 5.75 Å². The third kappa shape index (κ3) is 4.26. The normalized spacial score (nSPS) is 23.8. The number of phenolic OH excluding ortho intramolecular Hbond substituents is 1. The molecule has 0 unspecified atom stereocenters. The van der Waals surface area contributed by atoms with Crippen molar-refractivity contribution in [3.05, 3.63) is 29.8 Å². The fourth-order valence-corrected chi connectivity index (χ4v) is 4.15. The van der Waals surface area contributed by atoms with Gasteiger partial charge in [0.1, 0.15) is 17.8 Å². The molecule has 1 aliphatic heterocycles. The Balaban J connectivity index is 2.13. The summed E-state index contributed by atoms with van der Waals surface area (Å²) in [6.07, 6.45) is 0. The lowest BCUT2D eigenvalue weighted by Gasteiger charge is -2.23. The van der Waals surface area contributed by atoms with Crippen molar-refractivity contribution in [3.8, 4) is 5.75 Å². The van der Waals surface area contributed by atoms with Gasteiger partial charge in [-0.3, -0.25) is 14.9 Å². The molecule has 1 aromatic carbocycles. The Labute approximate surface area is 154 Å². The van der Waals surface area contributed by atoms with Crippen molar-refractivity contribution < 1.29 is 29.7 Å². The molecule has 10 heteroatoms. The van der Waals surface area contributed by atoms with Gasteiger partial charge in [-0.2, -0.15) is 0 Å². The second-order valence-corrected chi connectivity index (χ2v) is 8.27. The standard InChI is InChI=1S/C16H21N3O6S/c1-16(2)11(15(24)25)19-13(26-16)10(14(22)23)18-12(21)9(17)7-3-5-8(20)6-4-7/h3-6,9-11,13,19-20H,17H2,1-2H3,(H,18,21)(H,22,23)(H,24,25)/t9-,10+,11+,13-/m1/s1. The van der Waals surface area contributed by atoms with Gasteiger partial charge in [-0.1, -0.05) is 12.1 Å². The first kappa shape index (κ1) is 20.0. The molecule has 1 fully saturated rings. The summed E-state index contributed by atoms with van der Waals surface area (Å²) in [6.45, 7) is 3.37. The molecule has 1 heterocycles. The summed E-state index contributed by atoms with van der Waals surface area (Å²) < 4.78 is -0.756. The summed E-state index contributed by atoms with van der Waals surface area (Å²) in [5.74, 6) is -3.11. The Morgan fingerprint density at radius 1 is 1.23 bits per heavy atom. The van der Waals surface area contributed by atoms with E-state index in [0.717, 1.165) is 11.8 Å².